The number of nitrogens with zero attached hydrogens (tertiary/aromatic N) is 3. The lowest BCUT2D eigenvalue weighted by atomic mass is 10.2. The van der Waals surface area contributed by atoms with E-state index in [1.165, 1.54) is 11.8 Å². The van der Waals surface area contributed by atoms with Gasteiger partial charge in [0.05, 0.1) is 12.5 Å². The number of hydrogen-bond donors (Lipinski definition) is 2. The molecule has 1 amide bonds. The van der Waals surface area contributed by atoms with E-state index in [0.29, 0.717) is 6.54 Å². The van der Waals surface area contributed by atoms with E-state index < -0.39 is 0 Å². The summed E-state index contributed by atoms with van der Waals surface area (Å²) in [4.78, 5) is 12.9. The van der Waals surface area contributed by atoms with Gasteiger partial charge in [-0.15, -0.1) is 10.2 Å². The summed E-state index contributed by atoms with van der Waals surface area (Å²) in [6, 6.07) is 7.54. The molecule has 0 radical (unpaired) electrons. The molecular formula is C14H19N5O2S. The molecule has 7 nitrogen and oxygen atoms in total. The molecule has 0 aliphatic rings. The third-order valence-electron chi connectivity index (χ3n) is 3.03. The van der Waals surface area contributed by atoms with Crippen molar-refractivity contribution in [3.05, 3.63) is 30.6 Å². The lowest BCUT2D eigenvalue weighted by molar-refractivity contribution is -0.118. The lowest BCUT2D eigenvalue weighted by Crippen LogP contribution is -2.28. The predicted octanol–water partition coefficient (Wildman–Crippen LogP) is 1.27. The molecule has 118 valence electrons. The number of benzene rings is 1. The molecule has 0 aliphatic carbocycles. The van der Waals surface area contributed by atoms with Crippen molar-refractivity contribution in [1.82, 2.24) is 14.8 Å². The Balaban J connectivity index is 1.91. The van der Waals surface area contributed by atoms with E-state index in [-0.39, 0.29) is 18.4 Å². The molecule has 0 saturated heterocycles. The number of amides is 1. The van der Waals surface area contributed by atoms with Gasteiger partial charge in [0, 0.05) is 31.3 Å². The average molecular weight is 321 g/mol. The van der Waals surface area contributed by atoms with Crippen LogP contribution in [0.3, 0.4) is 0 Å². The van der Waals surface area contributed by atoms with Crippen LogP contribution >= 0.6 is 11.8 Å². The van der Waals surface area contributed by atoms with E-state index in [4.69, 9.17) is 10.5 Å². The molecule has 0 spiro atoms. The molecule has 1 heterocycles. The number of hydrogen-bond acceptors (Lipinski definition) is 6. The average Bonchev–Trinajstić information content (AvgIpc) is 2.92. The zero-order valence-corrected chi connectivity index (χ0v) is 13.3. The minimum atomic E-state index is -0.259. The van der Waals surface area contributed by atoms with Crippen molar-refractivity contribution >= 4 is 23.4 Å². The van der Waals surface area contributed by atoms with E-state index >= 15 is 0 Å². The number of carbonyl (C=O) groups excluding carboxylic acids is 1. The van der Waals surface area contributed by atoms with Gasteiger partial charge in [-0.05, 0) is 36.0 Å². The number of rotatable bonds is 7. The minimum absolute atomic E-state index is 0.119. The van der Waals surface area contributed by atoms with Gasteiger partial charge in [-0.2, -0.15) is 0 Å². The fourth-order valence-electron chi connectivity index (χ4n) is 1.76. The van der Waals surface area contributed by atoms with Gasteiger partial charge >= 0.3 is 0 Å². The Kier molecular flexibility index (Phi) is 5.93. The van der Waals surface area contributed by atoms with Gasteiger partial charge in [0.15, 0.2) is 5.16 Å². The van der Waals surface area contributed by atoms with Crippen LogP contribution in [0, 0.1) is 0 Å². The topological polar surface area (TPSA) is 95.1 Å². The maximum atomic E-state index is 11.9. The number of aryl methyl sites for hydroxylation is 1. The fraction of sp³-hybridized carbons (Fsp3) is 0.357. The first-order chi connectivity index (χ1) is 10.6. The molecule has 2 aromatic rings. The van der Waals surface area contributed by atoms with E-state index in [1.54, 1.807) is 13.4 Å². The quantitative estimate of drug-likeness (QED) is 0.797. The molecule has 1 aromatic carbocycles. The van der Waals surface area contributed by atoms with Crippen LogP contribution in [0.2, 0.25) is 0 Å². The lowest BCUT2D eigenvalue weighted by Gasteiger charge is -2.12. The molecule has 1 aromatic heterocycles. The summed E-state index contributed by atoms with van der Waals surface area (Å²) in [6.07, 6.45) is 1.63. The largest absolute Gasteiger partial charge is 0.380 e. The standard InChI is InChI=1S/C14H19N5O2S/c1-19-9-16-18-14(19)22-12-5-3-10(4-6-12)17-13(20)7-11(8-15)21-2/h3-6,9,11H,7-8,15H2,1-2H3,(H,17,20). The second-order valence-electron chi connectivity index (χ2n) is 4.70. The highest BCUT2D eigenvalue weighted by atomic mass is 32.2. The first kappa shape index (κ1) is 16.5. The molecule has 1 unspecified atom stereocenters. The highest BCUT2D eigenvalue weighted by molar-refractivity contribution is 7.99. The Hall–Kier alpha value is -1.90. The molecule has 0 saturated carbocycles. The molecule has 0 fully saturated rings. The Labute approximate surface area is 133 Å². The summed E-state index contributed by atoms with van der Waals surface area (Å²) >= 11 is 1.51. The van der Waals surface area contributed by atoms with Gasteiger partial charge in [-0.3, -0.25) is 4.79 Å². The van der Waals surface area contributed by atoms with E-state index in [0.717, 1.165) is 15.7 Å². The molecule has 0 bridgehead atoms. The zero-order valence-electron chi connectivity index (χ0n) is 12.5. The Bertz CT molecular complexity index is 610. The van der Waals surface area contributed by atoms with Crippen LogP contribution in [-0.2, 0) is 16.6 Å². The molecule has 22 heavy (non-hydrogen) atoms. The summed E-state index contributed by atoms with van der Waals surface area (Å²) in [6.45, 7) is 0.317. The van der Waals surface area contributed by atoms with Gasteiger partial charge in [0.2, 0.25) is 5.91 Å². The van der Waals surface area contributed by atoms with Crippen molar-refractivity contribution in [3.63, 3.8) is 0 Å². The maximum absolute atomic E-state index is 11.9. The molecule has 1 atom stereocenters. The van der Waals surface area contributed by atoms with Crippen LogP contribution in [0.15, 0.2) is 40.6 Å². The van der Waals surface area contributed by atoms with Crippen LogP contribution in [0.1, 0.15) is 6.42 Å². The smallest absolute Gasteiger partial charge is 0.227 e. The van der Waals surface area contributed by atoms with Gasteiger partial charge < -0.3 is 20.4 Å². The normalized spacial score (nSPS) is 12.1. The predicted molar refractivity (Wildman–Crippen MR) is 84.7 cm³/mol. The minimum Gasteiger partial charge on any atom is -0.380 e. The number of carbonyl (C=O) groups is 1. The second kappa shape index (κ2) is 7.92. The molecule has 8 heteroatoms. The number of methoxy groups -OCH3 is 1. The van der Waals surface area contributed by atoms with Crippen LogP contribution in [-0.4, -0.2) is 40.4 Å². The van der Waals surface area contributed by atoms with Gasteiger partial charge in [-0.25, -0.2) is 0 Å². The van der Waals surface area contributed by atoms with E-state index in [1.807, 2.05) is 35.9 Å². The van der Waals surface area contributed by atoms with Gasteiger partial charge in [0.25, 0.3) is 0 Å². The molecular weight excluding hydrogens is 302 g/mol. The van der Waals surface area contributed by atoms with Crippen LogP contribution in [0.25, 0.3) is 0 Å². The number of aromatic nitrogens is 3. The van der Waals surface area contributed by atoms with Crippen molar-refractivity contribution in [2.75, 3.05) is 19.0 Å². The Morgan fingerprint density at radius 1 is 1.45 bits per heavy atom. The van der Waals surface area contributed by atoms with Gasteiger partial charge in [0.1, 0.15) is 6.33 Å². The molecule has 3 N–H and O–H groups in total. The van der Waals surface area contributed by atoms with E-state index in [2.05, 4.69) is 15.5 Å². The SMILES string of the molecule is COC(CN)CC(=O)Nc1ccc(Sc2nncn2C)cc1. The molecule has 0 aliphatic heterocycles. The maximum Gasteiger partial charge on any atom is 0.227 e. The van der Waals surface area contributed by atoms with Crippen molar-refractivity contribution in [2.24, 2.45) is 12.8 Å². The molecule has 2 rings (SSSR count). The van der Waals surface area contributed by atoms with Crippen LogP contribution in [0.5, 0.6) is 0 Å². The van der Waals surface area contributed by atoms with Crippen molar-refractivity contribution in [3.8, 4) is 0 Å². The Morgan fingerprint density at radius 3 is 2.73 bits per heavy atom. The second-order valence-corrected chi connectivity index (χ2v) is 5.74. The van der Waals surface area contributed by atoms with Crippen molar-refractivity contribution in [1.29, 1.82) is 0 Å². The summed E-state index contributed by atoms with van der Waals surface area (Å²) in [5, 5.41) is 11.5. The number of nitrogens with two attached hydrogens (primary N) is 1. The number of ether oxygens (including phenoxy) is 1. The highest BCUT2D eigenvalue weighted by Gasteiger charge is 2.11. The monoisotopic (exact) mass is 321 g/mol. The van der Waals surface area contributed by atoms with E-state index in [9.17, 15) is 4.79 Å². The van der Waals surface area contributed by atoms with Crippen molar-refractivity contribution in [2.45, 2.75) is 22.6 Å². The first-order valence-corrected chi connectivity index (χ1v) is 7.58. The highest BCUT2D eigenvalue weighted by Crippen LogP contribution is 2.26. The third-order valence-corrected chi connectivity index (χ3v) is 4.09. The summed E-state index contributed by atoms with van der Waals surface area (Å²) < 4.78 is 6.94. The van der Waals surface area contributed by atoms with Gasteiger partial charge in [-0.1, -0.05) is 0 Å². The number of anilines is 1. The zero-order chi connectivity index (χ0) is 15.9. The summed E-state index contributed by atoms with van der Waals surface area (Å²) in [5.74, 6) is -0.119. The van der Waals surface area contributed by atoms with Crippen molar-refractivity contribution < 1.29 is 9.53 Å². The van der Waals surface area contributed by atoms with Crippen LogP contribution < -0.4 is 11.1 Å². The van der Waals surface area contributed by atoms with Crippen LogP contribution in [0.4, 0.5) is 5.69 Å². The third kappa shape index (κ3) is 4.55. The fourth-order valence-corrected chi connectivity index (χ4v) is 2.52. The first-order valence-electron chi connectivity index (χ1n) is 6.77. The summed E-state index contributed by atoms with van der Waals surface area (Å²) in [7, 11) is 3.43. The Morgan fingerprint density at radius 2 is 2.18 bits per heavy atom. The number of nitrogens with one attached hydrogen (secondary N) is 1. The summed E-state index contributed by atoms with van der Waals surface area (Å²) in [5.41, 5.74) is 6.24.